The largest absolute Gasteiger partial charge is 0.234 e. The summed E-state index contributed by atoms with van der Waals surface area (Å²) in [6.07, 6.45) is 1.11. The summed E-state index contributed by atoms with van der Waals surface area (Å²) in [5.74, 6) is 0.826. The zero-order chi connectivity index (χ0) is 12.3. The molecule has 2 aromatic rings. The fourth-order valence-corrected chi connectivity index (χ4v) is 3.02. The van der Waals surface area contributed by atoms with Crippen molar-refractivity contribution in [2.24, 2.45) is 5.92 Å². The highest BCUT2D eigenvalue weighted by molar-refractivity contribution is 7.05. The molecule has 2 unspecified atom stereocenters. The molecule has 4 heteroatoms. The van der Waals surface area contributed by atoms with Crippen LogP contribution in [0.4, 0.5) is 0 Å². The summed E-state index contributed by atoms with van der Waals surface area (Å²) in [5, 5.41) is 1.37. The molecule has 0 aliphatic carbocycles. The fourth-order valence-electron chi connectivity index (χ4n) is 1.95. The van der Waals surface area contributed by atoms with Crippen LogP contribution in [0, 0.1) is 5.92 Å². The van der Waals surface area contributed by atoms with Gasteiger partial charge in [-0.1, -0.05) is 50.6 Å². The predicted molar refractivity (Wildman–Crippen MR) is 72.7 cm³/mol. The van der Waals surface area contributed by atoms with E-state index < -0.39 is 0 Å². The highest BCUT2D eigenvalue weighted by atomic mass is 35.5. The second-order valence-electron chi connectivity index (χ2n) is 4.18. The maximum atomic E-state index is 5.83. The Morgan fingerprint density at radius 2 is 2.00 bits per heavy atom. The van der Waals surface area contributed by atoms with Crippen molar-refractivity contribution < 1.29 is 0 Å². The van der Waals surface area contributed by atoms with Crippen LogP contribution in [-0.4, -0.2) is 9.36 Å². The monoisotopic (exact) mass is 266 g/mol. The molecule has 2 nitrogen and oxygen atoms in total. The van der Waals surface area contributed by atoms with Gasteiger partial charge in [-0.2, -0.15) is 4.37 Å². The molecule has 0 amide bonds. The normalized spacial score (nSPS) is 14.5. The Morgan fingerprint density at radius 3 is 2.53 bits per heavy atom. The Hall–Kier alpha value is -0.930. The number of halogens is 1. The number of hydrogen-bond acceptors (Lipinski definition) is 3. The van der Waals surface area contributed by atoms with E-state index in [1.165, 1.54) is 17.1 Å². The van der Waals surface area contributed by atoms with Crippen molar-refractivity contribution in [1.82, 2.24) is 9.36 Å². The lowest BCUT2D eigenvalue weighted by Gasteiger charge is -2.20. The Morgan fingerprint density at radius 1 is 1.29 bits per heavy atom. The lowest BCUT2D eigenvalue weighted by Crippen LogP contribution is -2.10. The minimum absolute atomic E-state index is 0.297. The standard InChI is InChI=1S/C13H15ClN2S/c1-3-9(2)11(10-7-5-4-6-8-10)12-15-13(14)16-17-12/h4-9,11H,3H2,1-2H3. The van der Waals surface area contributed by atoms with Crippen LogP contribution in [0.5, 0.6) is 0 Å². The molecule has 0 aliphatic rings. The summed E-state index contributed by atoms with van der Waals surface area (Å²) in [4.78, 5) is 4.33. The minimum atomic E-state index is 0.297. The number of nitrogens with zero attached hydrogens (tertiary/aromatic N) is 2. The van der Waals surface area contributed by atoms with Gasteiger partial charge in [0, 0.05) is 5.92 Å². The second kappa shape index (κ2) is 5.61. The quantitative estimate of drug-likeness (QED) is 0.821. The van der Waals surface area contributed by atoms with Crippen LogP contribution >= 0.6 is 23.1 Å². The Balaban J connectivity index is 2.39. The van der Waals surface area contributed by atoms with Gasteiger partial charge in [0.2, 0.25) is 5.28 Å². The van der Waals surface area contributed by atoms with Crippen LogP contribution in [-0.2, 0) is 0 Å². The SMILES string of the molecule is CCC(C)C(c1ccccc1)c1nc(Cl)ns1. The first-order valence-corrected chi connectivity index (χ1v) is 6.91. The Bertz CT molecular complexity index is 469. The summed E-state index contributed by atoms with van der Waals surface area (Å²) in [5.41, 5.74) is 1.29. The van der Waals surface area contributed by atoms with Crippen LogP contribution in [0.25, 0.3) is 0 Å². The van der Waals surface area contributed by atoms with Crippen molar-refractivity contribution in [3.05, 3.63) is 46.2 Å². The van der Waals surface area contributed by atoms with E-state index in [1.807, 2.05) is 6.07 Å². The number of hydrogen-bond donors (Lipinski definition) is 0. The first-order chi connectivity index (χ1) is 8.22. The summed E-state index contributed by atoms with van der Waals surface area (Å²) in [6, 6.07) is 10.4. The number of aromatic nitrogens is 2. The molecule has 1 heterocycles. The molecule has 0 saturated heterocycles. The molecule has 1 aromatic carbocycles. The smallest absolute Gasteiger partial charge is 0.209 e. The third-order valence-corrected chi connectivity index (χ3v) is 4.12. The highest BCUT2D eigenvalue weighted by Gasteiger charge is 2.23. The van der Waals surface area contributed by atoms with Crippen LogP contribution in [0.3, 0.4) is 0 Å². The first kappa shape index (κ1) is 12.5. The van der Waals surface area contributed by atoms with Gasteiger partial charge in [-0.05, 0) is 34.6 Å². The maximum Gasteiger partial charge on any atom is 0.234 e. The van der Waals surface area contributed by atoms with Crippen molar-refractivity contribution in [3.63, 3.8) is 0 Å². The molecular weight excluding hydrogens is 252 g/mol. The molecule has 90 valence electrons. The lowest BCUT2D eigenvalue weighted by molar-refractivity contribution is 0.495. The third kappa shape index (κ3) is 2.85. The number of benzene rings is 1. The van der Waals surface area contributed by atoms with Crippen LogP contribution < -0.4 is 0 Å². The van der Waals surface area contributed by atoms with E-state index in [0.717, 1.165) is 11.4 Å². The molecule has 0 N–H and O–H groups in total. The van der Waals surface area contributed by atoms with Gasteiger partial charge < -0.3 is 0 Å². The maximum absolute atomic E-state index is 5.83. The van der Waals surface area contributed by atoms with E-state index in [1.54, 1.807) is 0 Å². The molecule has 2 atom stereocenters. The van der Waals surface area contributed by atoms with Gasteiger partial charge in [0.15, 0.2) is 0 Å². The van der Waals surface area contributed by atoms with Crippen LogP contribution in [0.2, 0.25) is 5.28 Å². The van der Waals surface area contributed by atoms with Crippen molar-refractivity contribution in [1.29, 1.82) is 0 Å². The van der Waals surface area contributed by atoms with Gasteiger partial charge in [-0.3, -0.25) is 0 Å². The number of rotatable bonds is 4. The zero-order valence-corrected chi connectivity index (χ0v) is 11.5. The molecule has 17 heavy (non-hydrogen) atoms. The van der Waals surface area contributed by atoms with Crippen molar-refractivity contribution in [2.75, 3.05) is 0 Å². The van der Waals surface area contributed by atoms with Gasteiger partial charge in [0.25, 0.3) is 0 Å². The Kier molecular flexibility index (Phi) is 4.13. The predicted octanol–water partition coefficient (Wildman–Crippen LogP) is 4.37. The summed E-state index contributed by atoms with van der Waals surface area (Å²) >= 11 is 7.23. The van der Waals surface area contributed by atoms with Crippen molar-refractivity contribution in [2.45, 2.75) is 26.2 Å². The fraction of sp³-hybridized carbons (Fsp3) is 0.385. The molecule has 2 rings (SSSR count). The van der Waals surface area contributed by atoms with E-state index in [2.05, 4.69) is 47.5 Å². The molecule has 1 aromatic heterocycles. The molecule has 0 radical (unpaired) electrons. The zero-order valence-electron chi connectivity index (χ0n) is 9.93. The van der Waals surface area contributed by atoms with E-state index in [9.17, 15) is 0 Å². The highest BCUT2D eigenvalue weighted by Crippen LogP contribution is 2.34. The van der Waals surface area contributed by atoms with Crippen LogP contribution in [0.1, 0.15) is 36.8 Å². The molecule has 0 fully saturated rings. The van der Waals surface area contributed by atoms with Gasteiger partial charge in [-0.15, -0.1) is 0 Å². The average molecular weight is 267 g/mol. The van der Waals surface area contributed by atoms with E-state index >= 15 is 0 Å². The molecule has 0 aliphatic heterocycles. The van der Waals surface area contributed by atoms with Gasteiger partial charge in [0.1, 0.15) is 5.01 Å². The van der Waals surface area contributed by atoms with Gasteiger partial charge in [-0.25, -0.2) is 4.98 Å². The summed E-state index contributed by atoms with van der Waals surface area (Å²) in [7, 11) is 0. The van der Waals surface area contributed by atoms with Crippen LogP contribution in [0.15, 0.2) is 30.3 Å². The van der Waals surface area contributed by atoms with Gasteiger partial charge in [0.05, 0.1) is 0 Å². The first-order valence-electron chi connectivity index (χ1n) is 5.76. The topological polar surface area (TPSA) is 25.8 Å². The molecule has 0 spiro atoms. The summed E-state index contributed by atoms with van der Waals surface area (Å²) in [6.45, 7) is 4.44. The second-order valence-corrected chi connectivity index (χ2v) is 5.30. The Labute approximate surface area is 111 Å². The summed E-state index contributed by atoms with van der Waals surface area (Å²) < 4.78 is 4.08. The molecule has 0 bridgehead atoms. The van der Waals surface area contributed by atoms with E-state index in [4.69, 9.17) is 11.6 Å². The molecular formula is C13H15ClN2S. The lowest BCUT2D eigenvalue weighted by atomic mass is 9.86. The minimum Gasteiger partial charge on any atom is -0.209 e. The van der Waals surface area contributed by atoms with Gasteiger partial charge >= 0.3 is 0 Å². The van der Waals surface area contributed by atoms with E-state index in [-0.39, 0.29) is 0 Å². The van der Waals surface area contributed by atoms with Crippen molar-refractivity contribution in [3.8, 4) is 0 Å². The average Bonchev–Trinajstić information content (AvgIpc) is 2.77. The molecule has 0 saturated carbocycles. The van der Waals surface area contributed by atoms with Crippen molar-refractivity contribution >= 4 is 23.1 Å². The third-order valence-electron chi connectivity index (χ3n) is 3.05. The van der Waals surface area contributed by atoms with E-state index in [0.29, 0.717) is 17.1 Å².